The highest BCUT2D eigenvalue weighted by atomic mass is 35.5. The van der Waals surface area contributed by atoms with E-state index in [-0.39, 0.29) is 34.7 Å². The van der Waals surface area contributed by atoms with Gasteiger partial charge in [0.15, 0.2) is 0 Å². The van der Waals surface area contributed by atoms with Gasteiger partial charge in [0.25, 0.3) is 5.91 Å². The number of rotatable bonds is 0. The standard InChI is InChI=1S/C23H19ClF2N4O2/c1-12-14-8-13(25)2-3-19(14)29-11-30(20-4-5-22(31)28-18(20)6-7-27-12)23(32)15-9-17(26)16(24)10-21(15)29/h2-5,8-10,12,27H,6-7,11H2,1H3,(H,28,31)/t12-/m0/s1. The van der Waals surface area contributed by atoms with Gasteiger partial charge < -0.3 is 15.2 Å². The molecule has 0 unspecified atom stereocenters. The molecule has 2 bridgehead atoms. The number of benzene rings is 2. The van der Waals surface area contributed by atoms with E-state index in [0.717, 1.165) is 6.07 Å². The van der Waals surface area contributed by atoms with E-state index in [1.807, 2.05) is 11.8 Å². The van der Waals surface area contributed by atoms with Gasteiger partial charge in [-0.3, -0.25) is 14.5 Å². The van der Waals surface area contributed by atoms with Crippen molar-refractivity contribution in [2.75, 3.05) is 23.0 Å². The van der Waals surface area contributed by atoms with Crippen LogP contribution >= 0.6 is 11.6 Å². The average molecular weight is 457 g/mol. The van der Waals surface area contributed by atoms with Crippen molar-refractivity contribution in [2.24, 2.45) is 0 Å². The number of H-pyrrole nitrogens is 1. The largest absolute Gasteiger partial charge is 0.324 e. The predicted molar refractivity (Wildman–Crippen MR) is 119 cm³/mol. The number of carbonyl (C=O) groups is 1. The lowest BCUT2D eigenvalue weighted by Gasteiger charge is -2.39. The van der Waals surface area contributed by atoms with Crippen molar-refractivity contribution in [3.8, 4) is 0 Å². The number of hydrogen-bond donors (Lipinski definition) is 2. The van der Waals surface area contributed by atoms with Crippen LogP contribution in [0.1, 0.15) is 34.6 Å². The molecule has 1 aromatic heterocycles. The molecule has 0 fully saturated rings. The van der Waals surface area contributed by atoms with Crippen LogP contribution in [0, 0.1) is 11.6 Å². The maximum absolute atomic E-state index is 14.4. The highest BCUT2D eigenvalue weighted by Gasteiger charge is 2.35. The fraction of sp³-hybridized carbons (Fsp3) is 0.217. The second kappa shape index (κ2) is 7.72. The maximum Gasteiger partial charge on any atom is 0.262 e. The normalized spacial score (nSPS) is 17.9. The first-order valence-electron chi connectivity index (χ1n) is 10.2. The van der Waals surface area contributed by atoms with E-state index in [9.17, 15) is 18.4 Å². The SMILES string of the molecule is C[C@@H]1NCCc2[nH]c(=O)ccc2N2CN(c3cc(Cl)c(F)cc3C2=O)c2ccc(F)cc21. The van der Waals surface area contributed by atoms with E-state index in [2.05, 4.69) is 10.3 Å². The molecule has 2 aliphatic rings. The molecule has 0 aliphatic carbocycles. The van der Waals surface area contributed by atoms with Gasteiger partial charge >= 0.3 is 0 Å². The van der Waals surface area contributed by atoms with Gasteiger partial charge in [-0.25, -0.2) is 8.78 Å². The van der Waals surface area contributed by atoms with Gasteiger partial charge in [0.1, 0.15) is 18.3 Å². The Balaban J connectivity index is 1.80. The van der Waals surface area contributed by atoms with E-state index < -0.39 is 11.7 Å². The molecule has 9 heteroatoms. The minimum atomic E-state index is -0.707. The maximum atomic E-state index is 14.4. The van der Waals surface area contributed by atoms with Gasteiger partial charge in [-0.1, -0.05) is 11.6 Å². The molecule has 1 amide bonds. The fourth-order valence-corrected chi connectivity index (χ4v) is 4.50. The Morgan fingerprint density at radius 1 is 1.00 bits per heavy atom. The summed E-state index contributed by atoms with van der Waals surface area (Å²) in [6, 6.07) is 9.69. The summed E-state index contributed by atoms with van der Waals surface area (Å²) < 4.78 is 28.6. The fourth-order valence-electron chi connectivity index (χ4n) is 4.34. The monoisotopic (exact) mass is 456 g/mol. The number of halogens is 3. The first-order valence-corrected chi connectivity index (χ1v) is 10.5. The average Bonchev–Trinajstić information content (AvgIpc) is 2.77. The van der Waals surface area contributed by atoms with Crippen LogP contribution < -0.4 is 20.7 Å². The van der Waals surface area contributed by atoms with Crippen molar-refractivity contribution in [2.45, 2.75) is 19.4 Å². The van der Waals surface area contributed by atoms with E-state index in [4.69, 9.17) is 11.6 Å². The lowest BCUT2D eigenvalue weighted by atomic mass is 10.0. The second-order valence-corrected chi connectivity index (χ2v) is 8.31. The zero-order chi connectivity index (χ0) is 22.6. The minimum Gasteiger partial charge on any atom is -0.324 e. The van der Waals surface area contributed by atoms with Crippen molar-refractivity contribution in [1.82, 2.24) is 10.3 Å². The topological polar surface area (TPSA) is 68.4 Å². The Morgan fingerprint density at radius 2 is 1.78 bits per heavy atom. The number of aromatic nitrogens is 1. The molecule has 2 aromatic carbocycles. The van der Waals surface area contributed by atoms with Gasteiger partial charge in [-0.2, -0.15) is 0 Å². The molecule has 32 heavy (non-hydrogen) atoms. The number of nitrogens with zero attached hydrogens (tertiary/aromatic N) is 2. The van der Waals surface area contributed by atoms with Crippen LogP contribution in [0.5, 0.6) is 0 Å². The molecule has 5 rings (SSSR count). The van der Waals surface area contributed by atoms with Gasteiger partial charge in [0, 0.05) is 36.5 Å². The van der Waals surface area contributed by atoms with Gasteiger partial charge in [0.05, 0.1) is 22.0 Å². The molecule has 3 heterocycles. The highest BCUT2D eigenvalue weighted by Crippen LogP contribution is 2.41. The summed E-state index contributed by atoms with van der Waals surface area (Å²) in [5, 5.41) is 3.24. The highest BCUT2D eigenvalue weighted by molar-refractivity contribution is 6.31. The lowest BCUT2D eigenvalue weighted by Crippen LogP contribution is -2.46. The van der Waals surface area contributed by atoms with Crippen LogP contribution in [-0.2, 0) is 6.42 Å². The summed E-state index contributed by atoms with van der Waals surface area (Å²) in [4.78, 5) is 31.5. The number of anilines is 3. The smallest absolute Gasteiger partial charge is 0.262 e. The summed E-state index contributed by atoms with van der Waals surface area (Å²) in [5.41, 5.74) is 2.75. The second-order valence-electron chi connectivity index (χ2n) is 7.90. The molecule has 2 N–H and O–H groups in total. The van der Waals surface area contributed by atoms with E-state index in [1.165, 1.54) is 29.2 Å². The number of hydrogen-bond acceptors (Lipinski definition) is 4. The van der Waals surface area contributed by atoms with Crippen LogP contribution in [0.25, 0.3) is 0 Å². The first kappa shape index (κ1) is 20.7. The van der Waals surface area contributed by atoms with Gasteiger partial charge in [0.2, 0.25) is 5.56 Å². The molecule has 0 radical (unpaired) electrons. The van der Waals surface area contributed by atoms with E-state index >= 15 is 0 Å². The molecule has 6 nitrogen and oxygen atoms in total. The summed E-state index contributed by atoms with van der Waals surface area (Å²) in [6.07, 6.45) is 0.437. The summed E-state index contributed by atoms with van der Waals surface area (Å²) in [6.45, 7) is 2.48. The molecular formula is C23H19ClF2N4O2. The molecule has 0 spiro atoms. The van der Waals surface area contributed by atoms with Crippen molar-refractivity contribution in [3.05, 3.63) is 86.3 Å². The number of amides is 1. The molecule has 1 atom stereocenters. The Hall–Kier alpha value is -3.23. The zero-order valence-electron chi connectivity index (χ0n) is 17.1. The van der Waals surface area contributed by atoms with Gasteiger partial charge in [-0.05, 0) is 48.9 Å². The first-order chi connectivity index (χ1) is 15.3. The third kappa shape index (κ3) is 3.36. The summed E-state index contributed by atoms with van der Waals surface area (Å²) in [7, 11) is 0. The molecule has 2 aliphatic heterocycles. The summed E-state index contributed by atoms with van der Waals surface area (Å²) in [5.74, 6) is -1.51. The van der Waals surface area contributed by atoms with Gasteiger partial charge in [-0.15, -0.1) is 0 Å². The molecule has 3 aromatic rings. The van der Waals surface area contributed by atoms with Crippen LogP contribution in [0.2, 0.25) is 5.02 Å². The van der Waals surface area contributed by atoms with Crippen molar-refractivity contribution >= 4 is 34.6 Å². The minimum absolute atomic E-state index is 0.0815. The number of aromatic amines is 1. The zero-order valence-corrected chi connectivity index (χ0v) is 17.8. The van der Waals surface area contributed by atoms with E-state index in [0.29, 0.717) is 41.3 Å². The quantitative estimate of drug-likeness (QED) is 0.530. The number of nitrogens with one attached hydrogen (secondary N) is 2. The third-order valence-corrected chi connectivity index (χ3v) is 6.22. The van der Waals surface area contributed by atoms with Crippen molar-refractivity contribution in [3.63, 3.8) is 0 Å². The Labute approximate surface area is 187 Å². The van der Waals surface area contributed by atoms with Crippen LogP contribution in [0.4, 0.5) is 25.8 Å². The number of carbonyl (C=O) groups excluding carboxylic acids is 1. The predicted octanol–water partition coefficient (Wildman–Crippen LogP) is 4.27. The van der Waals surface area contributed by atoms with Crippen molar-refractivity contribution < 1.29 is 13.6 Å². The Kier molecular flexibility index (Phi) is 4.98. The molecule has 164 valence electrons. The van der Waals surface area contributed by atoms with Crippen LogP contribution in [0.3, 0.4) is 0 Å². The van der Waals surface area contributed by atoms with Crippen LogP contribution in [0.15, 0.2) is 47.3 Å². The van der Waals surface area contributed by atoms with E-state index in [1.54, 1.807) is 12.1 Å². The molecular weight excluding hydrogens is 438 g/mol. The number of pyridine rings is 1. The molecule has 0 saturated heterocycles. The Morgan fingerprint density at radius 3 is 2.59 bits per heavy atom. The lowest BCUT2D eigenvalue weighted by molar-refractivity contribution is 0.0983. The molecule has 0 saturated carbocycles. The third-order valence-electron chi connectivity index (χ3n) is 5.93. The number of fused-ring (bicyclic) bond motifs is 8. The van der Waals surface area contributed by atoms with Crippen LogP contribution in [-0.4, -0.2) is 24.1 Å². The Bertz CT molecular complexity index is 1310. The summed E-state index contributed by atoms with van der Waals surface area (Å²) >= 11 is 6.07. The van der Waals surface area contributed by atoms with Crippen molar-refractivity contribution in [1.29, 1.82) is 0 Å².